The SMILES string of the molecule is CC(C)C[Si]1(CC(C)C)[Si]2([Si](C)C)[Si](CC(C)C)(CC(C)C)[Si]1([Si]13[Si](CC(C)C)(CC(C)C)[Si]([Si](C)C)([Si]1(CC(C)C)CC(C)C)[Si]3(CC(C)C)CC(C)C)[Si]2(CC(C)C)CC(C)C. The molecule has 0 aromatic heterocycles. The standard InChI is InChI=1S/C52H120Si12/c1-41(2)29-55(30-42(3)4)61(53(25)26)56(31-43(5)6,32-44(7)8)63(55,57(61,33-45(9)10)34-46(11)12)64-58(35-47(13)14,36-48(15)16)62(54(27)28,59(64,37-49(17)18)38-50(19)20)60(64,39-51(21)22)40-52(23)24/h41-52H,29-40H2,1-28H3. The van der Waals surface area contributed by atoms with E-state index in [1.807, 2.05) is 72.5 Å². The first kappa shape index (κ1) is 59.2. The molecule has 6 aliphatic heterocycles. The van der Waals surface area contributed by atoms with E-state index >= 15 is 0 Å². The third-order valence-corrected chi connectivity index (χ3v) is 482. The quantitative estimate of drug-likeness (QED) is 0.0719. The molecular weight excluding hydrogens is 962 g/mol. The van der Waals surface area contributed by atoms with Gasteiger partial charge >= 0.3 is 0 Å². The van der Waals surface area contributed by atoms with Crippen LogP contribution in [0.5, 0.6) is 0 Å². The van der Waals surface area contributed by atoms with E-state index in [-0.39, 0.29) is 0 Å². The van der Waals surface area contributed by atoms with Gasteiger partial charge < -0.3 is 0 Å². The number of hydrogen-bond acceptors (Lipinski definition) is 0. The maximum Gasteiger partial charge on any atom is 0.0273 e. The lowest BCUT2D eigenvalue weighted by atomic mass is 10.3. The van der Waals surface area contributed by atoms with Gasteiger partial charge in [-0.15, -0.1) is 0 Å². The third-order valence-electron chi connectivity index (χ3n) is 19.8. The highest BCUT2D eigenvalue weighted by Gasteiger charge is 3.21. The van der Waals surface area contributed by atoms with Gasteiger partial charge in [0.15, 0.2) is 0 Å². The zero-order chi connectivity index (χ0) is 49.6. The van der Waals surface area contributed by atoms with Crippen LogP contribution in [0.15, 0.2) is 0 Å². The second-order valence-corrected chi connectivity index (χ2v) is 180. The van der Waals surface area contributed by atoms with Gasteiger partial charge in [0.05, 0.1) is 0 Å². The minimum absolute atomic E-state index is 0.394. The van der Waals surface area contributed by atoms with Crippen molar-refractivity contribution < 1.29 is 0 Å². The van der Waals surface area contributed by atoms with Crippen molar-refractivity contribution in [1.82, 2.24) is 0 Å². The lowest BCUT2D eigenvalue weighted by Crippen LogP contribution is -3.49. The van der Waals surface area contributed by atoms with Crippen LogP contribution in [0.25, 0.3) is 0 Å². The monoisotopic (exact) mass is 1080 g/mol. The fourth-order valence-electron chi connectivity index (χ4n) is 24.4. The van der Waals surface area contributed by atoms with Gasteiger partial charge in [0.25, 0.3) is 0 Å². The van der Waals surface area contributed by atoms with Crippen LogP contribution in [0, 0.1) is 71.0 Å². The van der Waals surface area contributed by atoms with Crippen LogP contribution >= 0.6 is 0 Å². The summed E-state index contributed by atoms with van der Waals surface area (Å²) < 4.78 is 0. The Morgan fingerprint density at radius 2 is 0.297 bits per heavy atom. The van der Waals surface area contributed by atoms with E-state index in [1.54, 1.807) is 0 Å². The van der Waals surface area contributed by atoms with Crippen LogP contribution in [0.3, 0.4) is 0 Å². The molecule has 4 bridgehead atoms. The van der Waals surface area contributed by atoms with Crippen LogP contribution in [0.2, 0.25) is 98.7 Å². The average Bonchev–Trinajstić information content (AvgIpc) is 3.03. The predicted octanol–water partition coefficient (Wildman–Crippen LogP) is 17.1. The molecule has 2 radical (unpaired) electrons. The van der Waals surface area contributed by atoms with Gasteiger partial charge in [0.2, 0.25) is 0 Å². The Kier molecular flexibility index (Phi) is 18.6. The van der Waals surface area contributed by atoms with E-state index in [0.717, 1.165) is 71.0 Å². The zero-order valence-corrected chi connectivity index (χ0v) is 61.4. The summed E-state index contributed by atoms with van der Waals surface area (Å²) in [5, 5.41) is 0. The lowest BCUT2D eigenvalue weighted by Gasteiger charge is -3.16. The first-order chi connectivity index (χ1) is 29.1. The van der Waals surface area contributed by atoms with Crippen molar-refractivity contribution in [2.24, 2.45) is 71.0 Å². The summed E-state index contributed by atoms with van der Waals surface area (Å²) in [5.41, 5.74) is 0. The lowest BCUT2D eigenvalue weighted by molar-refractivity contribution is 0.671. The average molecular weight is 1080 g/mol. The molecule has 0 nitrogen and oxygen atoms in total. The normalized spacial score (nSPS) is 30.5. The molecule has 6 saturated heterocycles. The molecule has 0 aliphatic carbocycles. The summed E-state index contributed by atoms with van der Waals surface area (Å²) in [5.74, 6) is 11.4. The number of rotatable bonds is 27. The van der Waals surface area contributed by atoms with Crippen molar-refractivity contribution in [1.29, 1.82) is 0 Å². The summed E-state index contributed by atoms with van der Waals surface area (Å²) in [7, 11) is -10.6. The Morgan fingerprint density at radius 3 is 0.359 bits per heavy atom. The summed E-state index contributed by atoms with van der Waals surface area (Å²) in [4.78, 5) is 0. The molecule has 0 aromatic carbocycles. The van der Waals surface area contributed by atoms with E-state index in [9.17, 15) is 0 Å². The van der Waals surface area contributed by atoms with Gasteiger partial charge in [-0.25, -0.2) is 0 Å². The molecule has 12 heteroatoms. The smallest absolute Gasteiger partial charge is 0.0273 e. The molecule has 0 amide bonds. The molecule has 0 unspecified atom stereocenters. The summed E-state index contributed by atoms with van der Waals surface area (Å²) in [6, 6.07) is 22.9. The Labute approximate surface area is 416 Å². The largest absolute Gasteiger partial charge is 0.0739 e. The Hall–Kier alpha value is 2.60. The topological polar surface area (TPSA) is 0 Å². The van der Waals surface area contributed by atoms with E-state index < -0.39 is 83.9 Å². The first-order valence-electron chi connectivity index (χ1n) is 28.7. The minimum atomic E-state index is -1.80. The van der Waals surface area contributed by atoms with E-state index in [0.29, 0.717) is 0 Å². The van der Waals surface area contributed by atoms with Crippen molar-refractivity contribution in [3.8, 4) is 0 Å². The third kappa shape index (κ3) is 7.12. The van der Waals surface area contributed by atoms with Crippen molar-refractivity contribution in [2.75, 3.05) is 0 Å². The molecule has 0 saturated carbocycles. The zero-order valence-electron chi connectivity index (χ0n) is 49.4. The van der Waals surface area contributed by atoms with Crippen LogP contribution in [0.4, 0.5) is 0 Å². The van der Waals surface area contributed by atoms with Gasteiger partial charge in [0, 0.05) is 83.9 Å². The highest BCUT2D eigenvalue weighted by atomic mass is 31.0. The summed E-state index contributed by atoms with van der Waals surface area (Å²) in [6.45, 7) is 81.8. The first-order valence-corrected chi connectivity index (χ1v) is 71.2. The molecule has 64 heavy (non-hydrogen) atoms. The predicted molar refractivity (Wildman–Crippen MR) is 328 cm³/mol. The second kappa shape index (κ2) is 20.1. The molecule has 376 valence electrons. The fraction of sp³-hybridized carbons (Fsp3) is 1.00. The molecule has 6 fully saturated rings. The van der Waals surface area contributed by atoms with Crippen molar-refractivity contribution in [3.05, 3.63) is 0 Å². The Bertz CT molecular complexity index is 1220. The van der Waals surface area contributed by atoms with E-state index in [4.69, 9.17) is 0 Å². The maximum absolute atomic E-state index is 3.19. The van der Waals surface area contributed by atoms with Gasteiger partial charge in [-0.1, -0.05) is 265 Å². The summed E-state index contributed by atoms with van der Waals surface area (Å²) in [6.07, 6.45) is -6.72. The highest BCUT2D eigenvalue weighted by Crippen LogP contribution is 2.92. The van der Waals surface area contributed by atoms with Crippen LogP contribution in [-0.4, -0.2) is 83.9 Å². The molecule has 6 heterocycles. The maximum atomic E-state index is 3.19. The van der Waals surface area contributed by atoms with Crippen LogP contribution in [-0.2, 0) is 0 Å². The van der Waals surface area contributed by atoms with E-state index in [2.05, 4.69) is 192 Å². The highest BCUT2D eigenvalue weighted by molar-refractivity contribution is 8.76. The minimum Gasteiger partial charge on any atom is -0.0739 e. The molecule has 0 spiro atoms. The molecule has 6 aliphatic rings. The van der Waals surface area contributed by atoms with Gasteiger partial charge in [-0.05, 0) is 71.0 Å². The fourth-order valence-corrected chi connectivity index (χ4v) is 1140. The van der Waals surface area contributed by atoms with Crippen molar-refractivity contribution in [3.63, 3.8) is 0 Å². The molecule has 0 N–H and O–H groups in total. The van der Waals surface area contributed by atoms with Crippen molar-refractivity contribution >= 4 is 83.9 Å². The molecule has 0 atom stereocenters. The second-order valence-electron chi connectivity index (χ2n) is 30.7. The van der Waals surface area contributed by atoms with Gasteiger partial charge in [-0.3, -0.25) is 0 Å². The molecule has 0 aromatic rings. The van der Waals surface area contributed by atoms with Crippen LogP contribution in [0.1, 0.15) is 166 Å². The van der Waals surface area contributed by atoms with E-state index in [1.165, 1.54) is 0 Å². The van der Waals surface area contributed by atoms with Gasteiger partial charge in [0.1, 0.15) is 0 Å². The molecular formula is C52H120Si12. The van der Waals surface area contributed by atoms with Crippen LogP contribution < -0.4 is 0 Å². The van der Waals surface area contributed by atoms with Gasteiger partial charge in [-0.2, -0.15) is 0 Å². The van der Waals surface area contributed by atoms with Crippen molar-refractivity contribution in [2.45, 2.75) is 265 Å². The summed E-state index contributed by atoms with van der Waals surface area (Å²) >= 11 is 0. The Balaban J connectivity index is 2.77. The number of hydrogen-bond donors (Lipinski definition) is 0. The molecule has 6 rings (SSSR count). The Morgan fingerprint density at radius 1 is 0.203 bits per heavy atom.